The molecule has 2 aromatic rings. The lowest BCUT2D eigenvalue weighted by Gasteiger charge is -2.30. The van der Waals surface area contributed by atoms with E-state index in [2.05, 4.69) is 22.6 Å². The van der Waals surface area contributed by atoms with Crippen LogP contribution < -0.4 is 4.90 Å². The van der Waals surface area contributed by atoms with E-state index in [-0.39, 0.29) is 18.0 Å². The summed E-state index contributed by atoms with van der Waals surface area (Å²) in [6.07, 6.45) is 1.03. The van der Waals surface area contributed by atoms with Crippen molar-refractivity contribution < 1.29 is 13.6 Å². The minimum absolute atomic E-state index is 0.0720. The average molecular weight is 399 g/mol. The smallest absolute Gasteiger partial charge is 0.227 e. The molecule has 0 saturated carbocycles. The summed E-state index contributed by atoms with van der Waals surface area (Å²) in [6.45, 7) is -0.0784. The van der Waals surface area contributed by atoms with Crippen molar-refractivity contribution in [2.24, 2.45) is 0 Å². The number of aryl methyl sites for hydroxylation is 1. The van der Waals surface area contributed by atoms with E-state index in [1.54, 1.807) is 0 Å². The van der Waals surface area contributed by atoms with Gasteiger partial charge in [0.05, 0.1) is 6.54 Å². The molecular formula is C16H12F2INO. The minimum Gasteiger partial charge on any atom is -0.307 e. The maximum atomic E-state index is 13.8. The van der Waals surface area contributed by atoms with Gasteiger partial charge in [-0.15, -0.1) is 0 Å². The Morgan fingerprint density at radius 3 is 2.52 bits per heavy atom. The zero-order valence-electron chi connectivity index (χ0n) is 11.1. The zero-order chi connectivity index (χ0) is 15.0. The second kappa shape index (κ2) is 5.71. The number of carbonyl (C=O) groups excluding carboxylic acids is 1. The van der Waals surface area contributed by atoms with Gasteiger partial charge in [0.25, 0.3) is 0 Å². The standard InChI is InChI=1S/C16H12F2INO/c17-13-2-1-3-14(18)12(13)9-20-15-6-5-11(19)8-10(15)4-7-16(20)21/h1-3,5-6,8H,4,7,9H2. The van der Waals surface area contributed by atoms with Crippen LogP contribution in [0, 0.1) is 15.2 Å². The van der Waals surface area contributed by atoms with Crippen LogP contribution in [0.2, 0.25) is 0 Å². The summed E-state index contributed by atoms with van der Waals surface area (Å²) >= 11 is 2.21. The van der Waals surface area contributed by atoms with Gasteiger partial charge in [0.2, 0.25) is 5.91 Å². The number of hydrogen-bond acceptors (Lipinski definition) is 1. The van der Waals surface area contributed by atoms with Crippen LogP contribution in [0.4, 0.5) is 14.5 Å². The molecule has 0 bridgehead atoms. The van der Waals surface area contributed by atoms with Crippen LogP contribution in [0.3, 0.4) is 0 Å². The van der Waals surface area contributed by atoms with Gasteiger partial charge in [0.15, 0.2) is 0 Å². The Hall–Kier alpha value is -1.50. The molecule has 0 atom stereocenters. The van der Waals surface area contributed by atoms with Crippen molar-refractivity contribution in [2.45, 2.75) is 19.4 Å². The molecule has 3 rings (SSSR count). The largest absolute Gasteiger partial charge is 0.307 e. The van der Waals surface area contributed by atoms with Gasteiger partial charge >= 0.3 is 0 Å². The van der Waals surface area contributed by atoms with Gasteiger partial charge in [0, 0.05) is 21.2 Å². The third-order valence-corrected chi connectivity index (χ3v) is 4.29. The highest BCUT2D eigenvalue weighted by molar-refractivity contribution is 14.1. The van der Waals surface area contributed by atoms with Crippen molar-refractivity contribution in [3.63, 3.8) is 0 Å². The lowest BCUT2D eigenvalue weighted by Crippen LogP contribution is -2.35. The number of rotatable bonds is 2. The third-order valence-electron chi connectivity index (χ3n) is 3.62. The monoisotopic (exact) mass is 399 g/mol. The van der Waals surface area contributed by atoms with E-state index in [0.717, 1.165) is 14.8 Å². The maximum Gasteiger partial charge on any atom is 0.227 e. The molecule has 1 aliphatic rings. The summed E-state index contributed by atoms with van der Waals surface area (Å²) in [5, 5.41) is 0. The fourth-order valence-corrected chi connectivity index (χ4v) is 3.10. The van der Waals surface area contributed by atoms with E-state index in [1.165, 1.54) is 23.1 Å². The highest BCUT2D eigenvalue weighted by Gasteiger charge is 2.26. The Bertz CT molecular complexity index is 697. The van der Waals surface area contributed by atoms with Crippen LogP contribution in [-0.2, 0) is 17.8 Å². The van der Waals surface area contributed by atoms with Crippen LogP contribution in [0.1, 0.15) is 17.5 Å². The summed E-state index contributed by atoms with van der Waals surface area (Å²) in [6, 6.07) is 9.48. The van der Waals surface area contributed by atoms with Crippen LogP contribution >= 0.6 is 22.6 Å². The van der Waals surface area contributed by atoms with Crippen LogP contribution in [0.15, 0.2) is 36.4 Å². The normalized spacial score (nSPS) is 14.2. The predicted molar refractivity (Wildman–Crippen MR) is 85.0 cm³/mol. The van der Waals surface area contributed by atoms with E-state index in [1.807, 2.05) is 18.2 Å². The highest BCUT2D eigenvalue weighted by Crippen LogP contribution is 2.31. The lowest BCUT2D eigenvalue weighted by atomic mass is 10.0. The summed E-state index contributed by atoms with van der Waals surface area (Å²) in [7, 11) is 0. The van der Waals surface area contributed by atoms with Gasteiger partial charge < -0.3 is 4.90 Å². The molecule has 0 aliphatic carbocycles. The highest BCUT2D eigenvalue weighted by atomic mass is 127. The molecule has 1 amide bonds. The zero-order valence-corrected chi connectivity index (χ0v) is 13.2. The lowest BCUT2D eigenvalue weighted by molar-refractivity contribution is -0.119. The number of fused-ring (bicyclic) bond motifs is 1. The Balaban J connectivity index is 2.01. The molecule has 0 spiro atoms. The molecule has 2 nitrogen and oxygen atoms in total. The van der Waals surface area contributed by atoms with E-state index in [4.69, 9.17) is 0 Å². The quantitative estimate of drug-likeness (QED) is 0.698. The van der Waals surface area contributed by atoms with Gasteiger partial charge in [-0.2, -0.15) is 0 Å². The van der Waals surface area contributed by atoms with Crippen molar-refractivity contribution in [1.29, 1.82) is 0 Å². The molecule has 21 heavy (non-hydrogen) atoms. The SMILES string of the molecule is O=C1CCc2cc(I)ccc2N1Cc1c(F)cccc1F. The molecule has 0 aromatic heterocycles. The first-order valence-corrected chi connectivity index (χ1v) is 7.66. The predicted octanol–water partition coefficient (Wildman–Crippen LogP) is 4.05. The molecule has 2 aromatic carbocycles. The van der Waals surface area contributed by atoms with Gasteiger partial charge in [0.1, 0.15) is 11.6 Å². The molecular weight excluding hydrogens is 387 g/mol. The van der Waals surface area contributed by atoms with E-state index >= 15 is 0 Å². The first-order chi connectivity index (χ1) is 10.1. The van der Waals surface area contributed by atoms with E-state index < -0.39 is 11.6 Å². The first kappa shape index (κ1) is 14.4. The Labute approximate surface area is 134 Å². The molecule has 1 aliphatic heterocycles. The van der Waals surface area contributed by atoms with Crippen LogP contribution in [-0.4, -0.2) is 5.91 Å². The minimum atomic E-state index is -0.625. The summed E-state index contributed by atoms with van der Waals surface area (Å²) in [5.41, 5.74) is 1.71. The van der Waals surface area contributed by atoms with E-state index in [0.29, 0.717) is 12.8 Å². The molecule has 0 unspecified atom stereocenters. The van der Waals surface area contributed by atoms with Crippen molar-refractivity contribution in [2.75, 3.05) is 4.90 Å². The number of hydrogen-bond donors (Lipinski definition) is 0. The summed E-state index contributed by atoms with van der Waals surface area (Å²) < 4.78 is 28.7. The Kier molecular flexibility index (Phi) is 3.93. The Morgan fingerprint density at radius 2 is 1.81 bits per heavy atom. The number of nitrogens with zero attached hydrogens (tertiary/aromatic N) is 1. The fraction of sp³-hybridized carbons (Fsp3) is 0.188. The number of anilines is 1. The summed E-state index contributed by atoms with van der Waals surface area (Å²) in [4.78, 5) is 13.6. The fourth-order valence-electron chi connectivity index (χ4n) is 2.54. The van der Waals surface area contributed by atoms with Crippen molar-refractivity contribution in [3.05, 3.63) is 62.7 Å². The van der Waals surface area contributed by atoms with Gasteiger partial charge in [-0.1, -0.05) is 6.07 Å². The third kappa shape index (κ3) is 2.79. The second-order valence-corrected chi connectivity index (χ2v) is 6.20. The van der Waals surface area contributed by atoms with Gasteiger partial charge in [-0.25, -0.2) is 8.78 Å². The van der Waals surface area contributed by atoms with Crippen LogP contribution in [0.25, 0.3) is 0 Å². The molecule has 0 N–H and O–H groups in total. The number of carbonyl (C=O) groups is 1. The van der Waals surface area contributed by atoms with Crippen molar-refractivity contribution in [1.82, 2.24) is 0 Å². The molecule has 0 radical (unpaired) electrons. The summed E-state index contributed by atoms with van der Waals surface area (Å²) in [5.74, 6) is -1.35. The Morgan fingerprint density at radius 1 is 1.10 bits per heavy atom. The molecule has 0 fully saturated rings. The molecule has 0 saturated heterocycles. The van der Waals surface area contributed by atoms with Gasteiger partial charge in [-0.3, -0.25) is 4.79 Å². The second-order valence-electron chi connectivity index (χ2n) is 4.95. The maximum absolute atomic E-state index is 13.8. The van der Waals surface area contributed by atoms with E-state index in [9.17, 15) is 13.6 Å². The molecule has 1 heterocycles. The average Bonchev–Trinajstić information content (AvgIpc) is 2.45. The number of amides is 1. The topological polar surface area (TPSA) is 20.3 Å². The number of halogens is 3. The van der Waals surface area contributed by atoms with Crippen molar-refractivity contribution in [3.8, 4) is 0 Å². The molecule has 108 valence electrons. The van der Waals surface area contributed by atoms with Crippen molar-refractivity contribution >= 4 is 34.2 Å². The number of benzene rings is 2. The first-order valence-electron chi connectivity index (χ1n) is 6.58. The van der Waals surface area contributed by atoms with Crippen LogP contribution in [0.5, 0.6) is 0 Å². The van der Waals surface area contributed by atoms with Gasteiger partial charge in [-0.05, 0) is 64.9 Å². The molecule has 5 heteroatoms.